The molecule has 0 aromatic heterocycles. The summed E-state index contributed by atoms with van der Waals surface area (Å²) < 4.78 is 0. The summed E-state index contributed by atoms with van der Waals surface area (Å²) in [6, 6.07) is 7.91. The molecule has 1 aliphatic heterocycles. The van der Waals surface area contributed by atoms with Crippen molar-refractivity contribution >= 4 is 17.5 Å². The molecule has 1 amide bonds. The van der Waals surface area contributed by atoms with E-state index in [9.17, 15) is 4.79 Å². The Morgan fingerprint density at radius 1 is 1.24 bits per heavy atom. The molecule has 0 saturated carbocycles. The van der Waals surface area contributed by atoms with Crippen molar-refractivity contribution in [2.45, 2.75) is 38.5 Å². The molecule has 1 saturated heterocycles. The molecule has 1 aromatic rings. The number of carbonyl (C=O) groups is 1. The highest BCUT2D eigenvalue weighted by atomic mass is 35.5. The van der Waals surface area contributed by atoms with Crippen molar-refractivity contribution in [1.29, 1.82) is 0 Å². The van der Waals surface area contributed by atoms with Crippen molar-refractivity contribution in [1.82, 2.24) is 10.6 Å². The molecule has 1 heterocycles. The Bertz CT molecular complexity index is 427. The fourth-order valence-corrected chi connectivity index (χ4v) is 2.89. The second kappa shape index (κ2) is 9.06. The van der Waals surface area contributed by atoms with Crippen LogP contribution in [0.25, 0.3) is 0 Å². The summed E-state index contributed by atoms with van der Waals surface area (Å²) in [7, 11) is 0. The summed E-state index contributed by atoms with van der Waals surface area (Å²) in [6.07, 6.45) is 6.08. The lowest BCUT2D eigenvalue weighted by Gasteiger charge is -2.22. The zero-order chi connectivity index (χ0) is 14.9. The van der Waals surface area contributed by atoms with Crippen LogP contribution in [0.15, 0.2) is 24.3 Å². The predicted molar refractivity (Wildman–Crippen MR) is 87.6 cm³/mol. The molecule has 0 radical (unpaired) electrons. The second-order valence-corrected chi connectivity index (χ2v) is 6.25. The maximum Gasteiger partial charge on any atom is 0.220 e. The number of hydrogen-bond donors (Lipinski definition) is 2. The van der Waals surface area contributed by atoms with Gasteiger partial charge in [0.15, 0.2) is 0 Å². The second-order valence-electron chi connectivity index (χ2n) is 5.81. The van der Waals surface area contributed by atoms with E-state index >= 15 is 0 Å². The number of amides is 1. The number of carbonyl (C=O) groups excluding carboxylic acids is 1. The van der Waals surface area contributed by atoms with Gasteiger partial charge in [-0.1, -0.05) is 23.7 Å². The summed E-state index contributed by atoms with van der Waals surface area (Å²) in [4.78, 5) is 11.8. The van der Waals surface area contributed by atoms with Gasteiger partial charge in [-0.2, -0.15) is 0 Å². The van der Waals surface area contributed by atoms with E-state index in [0.29, 0.717) is 6.42 Å². The van der Waals surface area contributed by atoms with Gasteiger partial charge in [0.1, 0.15) is 0 Å². The van der Waals surface area contributed by atoms with Crippen molar-refractivity contribution in [2.24, 2.45) is 5.92 Å². The Hall–Kier alpha value is -1.06. The lowest BCUT2D eigenvalue weighted by molar-refractivity contribution is -0.121. The highest BCUT2D eigenvalue weighted by Gasteiger charge is 2.14. The molecule has 1 aromatic carbocycles. The normalized spacial score (nSPS) is 15.9. The van der Waals surface area contributed by atoms with Crippen LogP contribution < -0.4 is 10.6 Å². The van der Waals surface area contributed by atoms with E-state index in [1.54, 1.807) is 0 Å². The topological polar surface area (TPSA) is 41.1 Å². The van der Waals surface area contributed by atoms with Gasteiger partial charge in [0.05, 0.1) is 0 Å². The Morgan fingerprint density at radius 2 is 1.95 bits per heavy atom. The van der Waals surface area contributed by atoms with E-state index in [1.807, 2.05) is 24.3 Å². The van der Waals surface area contributed by atoms with E-state index < -0.39 is 0 Å². The molecule has 0 unspecified atom stereocenters. The molecule has 0 bridgehead atoms. The Kier molecular flexibility index (Phi) is 7.04. The third-order valence-corrected chi connectivity index (χ3v) is 4.37. The average Bonchev–Trinajstić information content (AvgIpc) is 2.52. The number of benzene rings is 1. The fourth-order valence-electron chi connectivity index (χ4n) is 2.77. The van der Waals surface area contributed by atoms with Gasteiger partial charge in [0, 0.05) is 18.0 Å². The van der Waals surface area contributed by atoms with Crippen LogP contribution in [0, 0.1) is 5.92 Å². The largest absolute Gasteiger partial charge is 0.356 e. The fraction of sp³-hybridized carbons (Fsp3) is 0.588. The van der Waals surface area contributed by atoms with Crippen LogP contribution in [-0.2, 0) is 11.2 Å². The number of rotatable bonds is 7. The number of piperidine rings is 1. The maximum absolute atomic E-state index is 11.8. The molecule has 4 heteroatoms. The maximum atomic E-state index is 11.8. The van der Waals surface area contributed by atoms with Crippen LogP contribution in [0.5, 0.6) is 0 Å². The third-order valence-electron chi connectivity index (χ3n) is 4.12. The van der Waals surface area contributed by atoms with E-state index in [0.717, 1.165) is 49.8 Å². The van der Waals surface area contributed by atoms with Crippen LogP contribution in [0.4, 0.5) is 0 Å². The molecule has 0 atom stereocenters. The summed E-state index contributed by atoms with van der Waals surface area (Å²) in [5.74, 6) is 0.927. The molecule has 2 rings (SSSR count). The van der Waals surface area contributed by atoms with Crippen molar-refractivity contribution in [3.63, 3.8) is 0 Å². The van der Waals surface area contributed by atoms with Crippen LogP contribution in [0.1, 0.15) is 37.7 Å². The molecule has 3 nitrogen and oxygen atoms in total. The number of aryl methyl sites for hydroxylation is 1. The number of hydrogen-bond acceptors (Lipinski definition) is 2. The van der Waals surface area contributed by atoms with Gasteiger partial charge in [-0.25, -0.2) is 0 Å². The van der Waals surface area contributed by atoms with Crippen molar-refractivity contribution < 1.29 is 4.79 Å². The van der Waals surface area contributed by atoms with E-state index in [-0.39, 0.29) is 5.91 Å². The van der Waals surface area contributed by atoms with Crippen molar-refractivity contribution in [3.05, 3.63) is 34.9 Å². The first-order valence-corrected chi connectivity index (χ1v) is 8.33. The number of halogens is 1. The quantitative estimate of drug-likeness (QED) is 0.760. The Labute approximate surface area is 132 Å². The Morgan fingerprint density at radius 3 is 2.67 bits per heavy atom. The summed E-state index contributed by atoms with van der Waals surface area (Å²) >= 11 is 5.85. The smallest absolute Gasteiger partial charge is 0.220 e. The van der Waals surface area contributed by atoms with Gasteiger partial charge >= 0.3 is 0 Å². The first kappa shape index (κ1) is 16.3. The zero-order valence-corrected chi connectivity index (χ0v) is 13.3. The Balaban J connectivity index is 1.53. The van der Waals surface area contributed by atoms with Gasteiger partial charge in [-0.05, 0) is 68.8 Å². The molecule has 116 valence electrons. The van der Waals surface area contributed by atoms with Gasteiger partial charge in [-0.3, -0.25) is 4.79 Å². The van der Waals surface area contributed by atoms with Crippen LogP contribution >= 0.6 is 11.6 Å². The molecular formula is C17H25ClN2O. The minimum atomic E-state index is 0.199. The zero-order valence-electron chi connectivity index (χ0n) is 12.5. The van der Waals surface area contributed by atoms with Crippen LogP contribution in [-0.4, -0.2) is 25.5 Å². The van der Waals surface area contributed by atoms with Gasteiger partial charge in [0.2, 0.25) is 5.91 Å². The lowest BCUT2D eigenvalue weighted by Crippen LogP contribution is -2.29. The minimum absolute atomic E-state index is 0.199. The minimum Gasteiger partial charge on any atom is -0.356 e. The highest BCUT2D eigenvalue weighted by molar-refractivity contribution is 6.30. The molecular weight excluding hydrogens is 284 g/mol. The van der Waals surface area contributed by atoms with Crippen molar-refractivity contribution in [2.75, 3.05) is 19.6 Å². The first-order chi connectivity index (χ1) is 10.2. The summed E-state index contributed by atoms with van der Waals surface area (Å²) in [5.41, 5.74) is 1.27. The van der Waals surface area contributed by atoms with E-state index in [2.05, 4.69) is 10.6 Å². The standard InChI is InChI=1S/C17H25ClN2O/c18-16-6-3-14(4-7-16)2-1-11-20-17(21)8-5-15-9-12-19-13-10-15/h3-4,6-7,15,19H,1-2,5,8-13H2,(H,20,21). The molecule has 1 fully saturated rings. The predicted octanol–water partition coefficient (Wildman–Crippen LogP) is 3.17. The van der Waals surface area contributed by atoms with E-state index in [4.69, 9.17) is 11.6 Å². The molecule has 0 aliphatic carbocycles. The molecule has 21 heavy (non-hydrogen) atoms. The van der Waals surface area contributed by atoms with E-state index in [1.165, 1.54) is 18.4 Å². The molecule has 0 spiro atoms. The number of nitrogens with one attached hydrogen (secondary N) is 2. The molecule has 1 aliphatic rings. The average molecular weight is 309 g/mol. The first-order valence-electron chi connectivity index (χ1n) is 7.96. The highest BCUT2D eigenvalue weighted by Crippen LogP contribution is 2.17. The summed E-state index contributed by atoms with van der Waals surface area (Å²) in [5, 5.41) is 7.15. The van der Waals surface area contributed by atoms with Gasteiger partial charge in [0.25, 0.3) is 0 Å². The van der Waals surface area contributed by atoms with Gasteiger partial charge in [-0.15, -0.1) is 0 Å². The van der Waals surface area contributed by atoms with Crippen molar-refractivity contribution in [3.8, 4) is 0 Å². The third kappa shape index (κ3) is 6.49. The molecule has 2 N–H and O–H groups in total. The lowest BCUT2D eigenvalue weighted by atomic mass is 9.93. The summed E-state index contributed by atoms with van der Waals surface area (Å²) in [6.45, 7) is 2.97. The monoisotopic (exact) mass is 308 g/mol. The van der Waals surface area contributed by atoms with Crippen LogP contribution in [0.3, 0.4) is 0 Å². The van der Waals surface area contributed by atoms with Crippen LogP contribution in [0.2, 0.25) is 5.02 Å². The SMILES string of the molecule is O=C(CCC1CCNCC1)NCCCc1ccc(Cl)cc1. The van der Waals surface area contributed by atoms with Gasteiger partial charge < -0.3 is 10.6 Å².